The van der Waals surface area contributed by atoms with Crippen molar-refractivity contribution in [1.29, 1.82) is 0 Å². The summed E-state index contributed by atoms with van der Waals surface area (Å²) in [7, 11) is 0. The fourth-order valence-corrected chi connectivity index (χ4v) is 0.499. The van der Waals surface area contributed by atoms with E-state index >= 15 is 0 Å². The zero-order chi connectivity index (χ0) is 4.41. The normalized spacial score (nSPS) is 12.3. The Bertz CT molecular complexity index is 105. The van der Waals surface area contributed by atoms with Crippen LogP contribution in [0.15, 0.2) is 17.7 Å². The number of allylic oxidation sites excluding steroid dienone is 4. The summed E-state index contributed by atoms with van der Waals surface area (Å²) in [5.74, 6) is 0. The predicted octanol–water partition coefficient (Wildman–Crippen LogP) is 2.00. The van der Waals surface area contributed by atoms with Crippen LogP contribution in [-0.2, 0) is 26.2 Å². The van der Waals surface area contributed by atoms with Crippen LogP contribution in [0.1, 0.15) is 13.3 Å². The van der Waals surface area contributed by atoms with Gasteiger partial charge in [-0.25, -0.2) is 11.6 Å². The first-order chi connectivity index (χ1) is 2.89. The van der Waals surface area contributed by atoms with Crippen LogP contribution in [0.4, 0.5) is 9.41 Å². The van der Waals surface area contributed by atoms with Gasteiger partial charge in [0.15, 0.2) is 0 Å². The molecule has 0 aliphatic heterocycles. The van der Waals surface area contributed by atoms with Gasteiger partial charge in [-0.3, -0.25) is 15.5 Å². The van der Waals surface area contributed by atoms with Crippen LogP contribution >= 0.6 is 0 Å². The molecule has 3 heteroatoms. The quantitative estimate of drug-likeness (QED) is 0.537. The van der Waals surface area contributed by atoms with Crippen LogP contribution in [-0.4, -0.2) is 0 Å². The first-order valence-corrected chi connectivity index (χ1v) is 2.13. The molecule has 52 valence electrons. The van der Waals surface area contributed by atoms with E-state index in [2.05, 4.69) is 19.1 Å². The zero-order valence-corrected chi connectivity index (χ0v) is 7.64. The summed E-state index contributed by atoms with van der Waals surface area (Å²) in [5, 5.41) is 0. The van der Waals surface area contributed by atoms with Gasteiger partial charge in [0, 0.05) is 26.2 Å². The van der Waals surface area contributed by atoms with Gasteiger partial charge in [0.1, 0.15) is 0 Å². The van der Waals surface area contributed by atoms with E-state index < -0.39 is 0 Å². The molecule has 0 atom stereocenters. The van der Waals surface area contributed by atoms with Crippen molar-refractivity contribution in [2.75, 3.05) is 0 Å². The van der Waals surface area contributed by atoms with Gasteiger partial charge in [0.05, 0.1) is 0 Å². The maximum Gasteiger partial charge on any atom is 0 e. The van der Waals surface area contributed by atoms with E-state index in [1.165, 1.54) is 5.57 Å². The van der Waals surface area contributed by atoms with E-state index in [-0.39, 0.29) is 35.6 Å². The molecule has 0 saturated carbocycles. The molecule has 1 aliphatic rings. The molecule has 1 aliphatic carbocycles. The number of rotatable bonds is 0. The average Bonchev–Trinajstić information content (AvgIpc) is 1.86. The molecular weight excluding hydrogens is 201 g/mol. The van der Waals surface area contributed by atoms with Crippen molar-refractivity contribution >= 4 is 0 Å². The summed E-state index contributed by atoms with van der Waals surface area (Å²) in [6, 6.07) is 0. The van der Waals surface area contributed by atoms with Gasteiger partial charge in [-0.05, 0) is 0 Å². The molecule has 0 amide bonds. The summed E-state index contributed by atoms with van der Waals surface area (Å²) in [6.07, 6.45) is 8.24. The molecule has 9 heavy (non-hydrogen) atoms. The third-order valence-electron chi connectivity index (χ3n) is 0.872. The molecule has 0 aromatic rings. The molecule has 0 spiro atoms. The van der Waals surface area contributed by atoms with E-state index in [1.54, 1.807) is 0 Å². The van der Waals surface area contributed by atoms with E-state index in [1.807, 2.05) is 6.08 Å². The van der Waals surface area contributed by atoms with Gasteiger partial charge < -0.3 is 0 Å². The topological polar surface area (TPSA) is 0 Å². The maximum absolute atomic E-state index is 3.05. The van der Waals surface area contributed by atoms with Gasteiger partial charge in [-0.15, -0.1) is 13.3 Å². The molecule has 0 bridgehead atoms. The molecule has 0 fully saturated rings. The molecule has 0 nitrogen and oxygen atoms in total. The first kappa shape index (κ1) is 16.1. The Morgan fingerprint density at radius 1 is 1.44 bits per heavy atom. The van der Waals surface area contributed by atoms with Gasteiger partial charge in [-0.1, -0.05) is 0 Å². The first-order valence-electron chi connectivity index (χ1n) is 2.13. The fourth-order valence-electron chi connectivity index (χ4n) is 0.499. The Morgan fingerprint density at radius 2 is 2.00 bits per heavy atom. The van der Waals surface area contributed by atoms with Crippen LogP contribution in [0.25, 0.3) is 0 Å². The van der Waals surface area contributed by atoms with Gasteiger partial charge >= 0.3 is 0 Å². The third-order valence-corrected chi connectivity index (χ3v) is 0.872. The second-order valence-electron chi connectivity index (χ2n) is 1.50. The molecule has 0 radical (unpaired) electrons. The summed E-state index contributed by atoms with van der Waals surface area (Å²) in [5.41, 5.74) is 1.34. The van der Waals surface area contributed by atoms with Gasteiger partial charge in [0.25, 0.3) is 0 Å². The number of halogens is 2. The second-order valence-corrected chi connectivity index (χ2v) is 1.50. The zero-order valence-electron chi connectivity index (χ0n) is 5.18. The Balaban J connectivity index is -0.000000120. The summed E-state index contributed by atoms with van der Waals surface area (Å²) >= 11 is 0. The third kappa shape index (κ3) is 6.10. The molecular formula is C6H9F2Zr-. The molecule has 0 saturated heterocycles. The number of hydrogen-bond donors (Lipinski definition) is 0. The number of hydrogen-bond acceptors (Lipinski definition) is 0. The Kier molecular flexibility index (Phi) is 14.7. The van der Waals surface area contributed by atoms with Crippen molar-refractivity contribution in [2.24, 2.45) is 0 Å². The van der Waals surface area contributed by atoms with Crippen molar-refractivity contribution in [3.63, 3.8) is 0 Å². The van der Waals surface area contributed by atoms with E-state index in [0.29, 0.717) is 0 Å². The Morgan fingerprint density at radius 3 is 2.11 bits per heavy atom. The van der Waals surface area contributed by atoms with Crippen molar-refractivity contribution in [3.05, 3.63) is 23.8 Å². The molecule has 1 rings (SSSR count). The monoisotopic (exact) mass is 209 g/mol. The second kappa shape index (κ2) is 8.22. The molecule has 0 unspecified atom stereocenters. The van der Waals surface area contributed by atoms with Gasteiger partial charge in [0.2, 0.25) is 0 Å². The average molecular weight is 210 g/mol. The van der Waals surface area contributed by atoms with Crippen LogP contribution in [0, 0.1) is 6.08 Å². The molecule has 0 aromatic heterocycles. The summed E-state index contributed by atoms with van der Waals surface area (Å²) < 4.78 is 0. The van der Waals surface area contributed by atoms with Gasteiger partial charge in [-0.2, -0.15) is 6.08 Å². The van der Waals surface area contributed by atoms with Crippen LogP contribution in [0.2, 0.25) is 0 Å². The van der Waals surface area contributed by atoms with Crippen molar-refractivity contribution in [3.8, 4) is 0 Å². The Labute approximate surface area is 72.9 Å². The van der Waals surface area contributed by atoms with E-state index in [0.717, 1.165) is 6.42 Å². The summed E-state index contributed by atoms with van der Waals surface area (Å²) in [4.78, 5) is 0. The smallest absolute Gasteiger partial charge is 0 e. The van der Waals surface area contributed by atoms with Crippen molar-refractivity contribution in [1.82, 2.24) is 0 Å². The summed E-state index contributed by atoms with van der Waals surface area (Å²) in [6.45, 7) is 2.08. The minimum Gasteiger partial charge on any atom is -0.273 e. The van der Waals surface area contributed by atoms with Crippen LogP contribution in [0.5, 0.6) is 0 Å². The standard InChI is InChI=1S/C6H7.2FH.Zr/c1-6-4-2-3-5-6;;;/h4-5H,2H2,1H3;2*1H;/q-1;;;. The van der Waals surface area contributed by atoms with Crippen molar-refractivity contribution < 1.29 is 35.6 Å². The SMILES string of the molecule is CC1=CC[C-]=C1.F.F.[Zr]. The molecule has 0 N–H and O–H groups in total. The Hall–Kier alpha value is 0.223. The fraction of sp³-hybridized carbons (Fsp3) is 0.333. The maximum atomic E-state index is 3.05. The van der Waals surface area contributed by atoms with E-state index in [4.69, 9.17) is 0 Å². The molecule has 0 heterocycles. The predicted molar refractivity (Wildman–Crippen MR) is 31.2 cm³/mol. The van der Waals surface area contributed by atoms with Crippen LogP contribution < -0.4 is 0 Å². The van der Waals surface area contributed by atoms with Crippen molar-refractivity contribution in [2.45, 2.75) is 13.3 Å². The largest absolute Gasteiger partial charge is 0.273 e. The minimum atomic E-state index is 0. The molecule has 0 aromatic carbocycles. The minimum absolute atomic E-state index is 0. The van der Waals surface area contributed by atoms with E-state index in [9.17, 15) is 0 Å². The van der Waals surface area contributed by atoms with Crippen LogP contribution in [0.3, 0.4) is 0 Å².